The van der Waals surface area contributed by atoms with Crippen LogP contribution in [0.3, 0.4) is 0 Å². The van der Waals surface area contributed by atoms with E-state index in [-0.39, 0.29) is 5.56 Å². The minimum atomic E-state index is -1.20. The first-order valence-electron chi connectivity index (χ1n) is 6.36. The highest BCUT2D eigenvalue weighted by Crippen LogP contribution is 2.47. The van der Waals surface area contributed by atoms with Gasteiger partial charge in [-0.05, 0) is 23.8 Å². The number of pyridine rings is 1. The Labute approximate surface area is 123 Å². The minimum Gasteiger partial charge on any atom is -0.477 e. The van der Waals surface area contributed by atoms with Crippen LogP contribution in [0.5, 0.6) is 0 Å². The molecule has 2 N–H and O–H groups in total. The monoisotopic (exact) mass is 295 g/mol. The number of rotatable bonds is 1. The predicted octanol–water partition coefficient (Wildman–Crippen LogP) is 3.36. The van der Waals surface area contributed by atoms with Crippen LogP contribution in [0.15, 0.2) is 57.1 Å². The van der Waals surface area contributed by atoms with Crippen LogP contribution in [0.1, 0.15) is 10.4 Å². The summed E-state index contributed by atoms with van der Waals surface area (Å²) in [6.45, 7) is 0. The fourth-order valence-corrected chi connectivity index (χ4v) is 3.88. The standard InChI is InChI=1S/C16H9NO3S/c18-15-14(16(19)20)12-8-4-1-2-6-10(8)21-11-7-3-5-9(17-15)13(11)12/h1-7H,(H,17,18)(H,19,20). The first kappa shape index (κ1) is 12.2. The van der Waals surface area contributed by atoms with Crippen LogP contribution in [-0.2, 0) is 0 Å². The van der Waals surface area contributed by atoms with Crippen molar-refractivity contribution >= 4 is 28.6 Å². The van der Waals surface area contributed by atoms with E-state index in [1.54, 1.807) is 17.8 Å². The third kappa shape index (κ3) is 1.64. The van der Waals surface area contributed by atoms with E-state index in [4.69, 9.17) is 0 Å². The van der Waals surface area contributed by atoms with Gasteiger partial charge >= 0.3 is 5.97 Å². The Morgan fingerprint density at radius 1 is 1.05 bits per heavy atom. The van der Waals surface area contributed by atoms with E-state index in [1.165, 1.54) is 0 Å². The van der Waals surface area contributed by atoms with Crippen molar-refractivity contribution in [1.82, 2.24) is 4.98 Å². The van der Waals surface area contributed by atoms with Gasteiger partial charge in [-0.2, -0.15) is 0 Å². The van der Waals surface area contributed by atoms with Gasteiger partial charge in [-0.3, -0.25) is 4.79 Å². The summed E-state index contributed by atoms with van der Waals surface area (Å²) >= 11 is 1.59. The quantitative estimate of drug-likeness (QED) is 0.565. The van der Waals surface area contributed by atoms with Gasteiger partial charge in [0.1, 0.15) is 5.56 Å². The SMILES string of the molecule is O=C(O)c1c2c3c(cccc3[nH]c1=O)Sc1ccccc1-2. The van der Waals surface area contributed by atoms with E-state index in [0.717, 1.165) is 20.7 Å². The Morgan fingerprint density at radius 3 is 2.62 bits per heavy atom. The van der Waals surface area contributed by atoms with Crippen LogP contribution >= 0.6 is 11.8 Å². The molecular weight excluding hydrogens is 286 g/mol. The molecule has 0 amide bonds. The van der Waals surface area contributed by atoms with Crippen molar-refractivity contribution in [3.63, 3.8) is 0 Å². The summed E-state index contributed by atoms with van der Waals surface area (Å²) in [5, 5.41) is 10.3. The number of nitrogens with one attached hydrogen (secondary N) is 1. The van der Waals surface area contributed by atoms with Crippen molar-refractivity contribution < 1.29 is 9.90 Å². The molecule has 0 saturated heterocycles. The lowest BCUT2D eigenvalue weighted by Gasteiger charge is -2.21. The van der Waals surface area contributed by atoms with Gasteiger partial charge in [0.25, 0.3) is 5.56 Å². The van der Waals surface area contributed by atoms with E-state index >= 15 is 0 Å². The number of hydrogen-bond donors (Lipinski definition) is 2. The number of carboxylic acids is 1. The van der Waals surface area contributed by atoms with Gasteiger partial charge in [0.2, 0.25) is 0 Å². The van der Waals surface area contributed by atoms with Gasteiger partial charge in [0.05, 0.1) is 5.52 Å². The van der Waals surface area contributed by atoms with E-state index in [0.29, 0.717) is 11.1 Å². The first-order valence-corrected chi connectivity index (χ1v) is 7.18. The summed E-state index contributed by atoms with van der Waals surface area (Å²) < 4.78 is 0. The number of carbonyl (C=O) groups is 1. The molecule has 0 radical (unpaired) electrons. The summed E-state index contributed by atoms with van der Waals surface area (Å²) in [5.74, 6) is -1.20. The fourth-order valence-electron chi connectivity index (χ4n) is 2.76. The second-order valence-electron chi connectivity index (χ2n) is 4.79. The molecule has 0 fully saturated rings. The molecule has 21 heavy (non-hydrogen) atoms. The van der Waals surface area contributed by atoms with Gasteiger partial charge in [0, 0.05) is 20.7 Å². The Balaban J connectivity index is 2.30. The Hall–Kier alpha value is -2.53. The topological polar surface area (TPSA) is 70.2 Å². The number of aromatic nitrogens is 1. The number of H-pyrrole nitrogens is 1. The number of aromatic amines is 1. The second kappa shape index (κ2) is 4.23. The van der Waals surface area contributed by atoms with E-state index in [9.17, 15) is 14.7 Å². The van der Waals surface area contributed by atoms with Crippen LogP contribution in [0.25, 0.3) is 22.0 Å². The molecule has 2 heterocycles. The molecule has 0 saturated carbocycles. The molecule has 0 unspecified atom stereocenters. The highest BCUT2D eigenvalue weighted by molar-refractivity contribution is 7.99. The van der Waals surface area contributed by atoms with Crippen LogP contribution in [-0.4, -0.2) is 16.1 Å². The zero-order chi connectivity index (χ0) is 14.6. The number of hydrogen-bond acceptors (Lipinski definition) is 3. The zero-order valence-electron chi connectivity index (χ0n) is 10.7. The number of fused-ring (bicyclic) bond motifs is 2. The van der Waals surface area contributed by atoms with Gasteiger partial charge in [0.15, 0.2) is 0 Å². The Kier molecular flexibility index (Phi) is 2.46. The highest BCUT2D eigenvalue weighted by atomic mass is 32.2. The third-order valence-corrected chi connectivity index (χ3v) is 4.73. The molecular formula is C16H9NO3S. The van der Waals surface area contributed by atoms with Gasteiger partial charge in [-0.25, -0.2) is 4.79 Å². The predicted molar refractivity (Wildman–Crippen MR) is 81.1 cm³/mol. The van der Waals surface area contributed by atoms with Crippen LogP contribution in [0.2, 0.25) is 0 Å². The summed E-state index contributed by atoms with van der Waals surface area (Å²) in [7, 11) is 0. The summed E-state index contributed by atoms with van der Waals surface area (Å²) in [6, 6.07) is 13.2. The van der Waals surface area contributed by atoms with Crippen molar-refractivity contribution in [2.24, 2.45) is 0 Å². The lowest BCUT2D eigenvalue weighted by molar-refractivity contribution is 0.0696. The van der Waals surface area contributed by atoms with Crippen LogP contribution in [0.4, 0.5) is 0 Å². The average Bonchev–Trinajstić information content (AvgIpc) is 2.46. The smallest absolute Gasteiger partial charge is 0.342 e. The maximum atomic E-state index is 12.2. The normalized spacial score (nSPS) is 12.2. The van der Waals surface area contributed by atoms with Crippen molar-refractivity contribution in [2.75, 3.05) is 0 Å². The Morgan fingerprint density at radius 2 is 1.81 bits per heavy atom. The maximum absolute atomic E-state index is 12.2. The van der Waals surface area contributed by atoms with Crippen LogP contribution in [0, 0.1) is 0 Å². The molecule has 102 valence electrons. The van der Waals surface area contributed by atoms with E-state index in [1.807, 2.05) is 36.4 Å². The van der Waals surface area contributed by atoms with E-state index in [2.05, 4.69) is 4.98 Å². The summed E-state index contributed by atoms with van der Waals surface area (Å²) in [4.78, 5) is 28.3. The molecule has 1 aliphatic rings. The third-order valence-electron chi connectivity index (χ3n) is 3.59. The highest BCUT2D eigenvalue weighted by Gasteiger charge is 2.26. The molecule has 4 nitrogen and oxygen atoms in total. The molecule has 0 spiro atoms. The number of benzene rings is 2. The number of carboxylic acid groups (broad SMARTS) is 1. The van der Waals surface area contributed by atoms with E-state index < -0.39 is 11.5 Å². The van der Waals surface area contributed by atoms with Crippen molar-refractivity contribution in [3.05, 3.63) is 58.4 Å². The molecule has 1 aromatic heterocycles. The van der Waals surface area contributed by atoms with Crippen LogP contribution < -0.4 is 5.56 Å². The van der Waals surface area contributed by atoms with Gasteiger partial charge in [-0.15, -0.1) is 0 Å². The van der Waals surface area contributed by atoms with Crippen molar-refractivity contribution in [1.29, 1.82) is 0 Å². The summed E-state index contributed by atoms with van der Waals surface area (Å²) in [6.07, 6.45) is 0. The molecule has 5 heteroatoms. The average molecular weight is 295 g/mol. The lowest BCUT2D eigenvalue weighted by Crippen LogP contribution is -2.20. The molecule has 3 aromatic rings. The number of aromatic carboxylic acids is 1. The molecule has 0 aliphatic carbocycles. The molecule has 0 bridgehead atoms. The molecule has 4 rings (SSSR count). The Bertz CT molecular complexity index is 975. The zero-order valence-corrected chi connectivity index (χ0v) is 11.5. The molecule has 2 aromatic carbocycles. The second-order valence-corrected chi connectivity index (χ2v) is 5.87. The molecule has 0 atom stereocenters. The van der Waals surface area contributed by atoms with Crippen molar-refractivity contribution in [3.8, 4) is 11.1 Å². The first-order chi connectivity index (χ1) is 10.2. The summed E-state index contributed by atoms with van der Waals surface area (Å²) in [5.41, 5.74) is 1.23. The maximum Gasteiger partial charge on any atom is 0.342 e. The van der Waals surface area contributed by atoms with Crippen molar-refractivity contribution in [2.45, 2.75) is 9.79 Å². The lowest BCUT2D eigenvalue weighted by atomic mass is 9.95. The fraction of sp³-hybridized carbons (Fsp3) is 0. The largest absolute Gasteiger partial charge is 0.477 e. The van der Waals surface area contributed by atoms with Gasteiger partial charge < -0.3 is 10.1 Å². The minimum absolute atomic E-state index is 0.192. The van der Waals surface area contributed by atoms with Gasteiger partial charge in [-0.1, -0.05) is 36.0 Å². The molecule has 1 aliphatic heterocycles.